The third-order valence-corrected chi connectivity index (χ3v) is 7.20. The first-order chi connectivity index (χ1) is 16.8. The zero-order valence-electron chi connectivity index (χ0n) is 20.3. The van der Waals surface area contributed by atoms with Gasteiger partial charge >= 0.3 is 6.03 Å². The number of hydrogen-bond donors (Lipinski definition) is 1. The summed E-state index contributed by atoms with van der Waals surface area (Å²) in [6.45, 7) is 2.62. The van der Waals surface area contributed by atoms with Crippen LogP contribution in [0.25, 0.3) is 16.7 Å². The fraction of sp³-hybridized carbons (Fsp3) is 0.520. The van der Waals surface area contributed by atoms with E-state index in [-0.39, 0.29) is 18.1 Å². The van der Waals surface area contributed by atoms with E-state index < -0.39 is 5.60 Å². The Bertz CT molecular complexity index is 1250. The van der Waals surface area contributed by atoms with Crippen LogP contribution >= 0.6 is 0 Å². The number of fused-ring (bicyclic) bond motifs is 1. The van der Waals surface area contributed by atoms with Gasteiger partial charge < -0.3 is 19.6 Å². The van der Waals surface area contributed by atoms with Crippen LogP contribution in [-0.2, 0) is 11.3 Å². The van der Waals surface area contributed by atoms with E-state index in [2.05, 4.69) is 22.2 Å². The Morgan fingerprint density at radius 2 is 1.86 bits per heavy atom. The van der Waals surface area contributed by atoms with E-state index in [0.29, 0.717) is 42.9 Å². The average molecular weight is 481 g/mol. The monoisotopic (exact) mass is 480 g/mol. The molecule has 0 spiro atoms. The van der Waals surface area contributed by atoms with E-state index in [1.807, 2.05) is 12.1 Å². The normalized spacial score (nSPS) is 18.7. The quantitative estimate of drug-likeness (QED) is 0.612. The van der Waals surface area contributed by atoms with Crippen molar-refractivity contribution in [1.82, 2.24) is 29.1 Å². The van der Waals surface area contributed by atoms with Crippen molar-refractivity contribution in [2.24, 2.45) is 0 Å². The van der Waals surface area contributed by atoms with Gasteiger partial charge in [0.05, 0.1) is 24.0 Å². The highest BCUT2D eigenvalue weighted by molar-refractivity contribution is 5.75. The molecule has 1 aromatic carbocycles. The van der Waals surface area contributed by atoms with Crippen molar-refractivity contribution in [2.75, 3.05) is 40.4 Å². The van der Waals surface area contributed by atoms with Crippen LogP contribution in [0.4, 0.5) is 4.79 Å². The minimum Gasteiger partial charge on any atom is -0.388 e. The van der Waals surface area contributed by atoms with Crippen molar-refractivity contribution in [2.45, 2.75) is 43.7 Å². The molecule has 2 saturated heterocycles. The summed E-state index contributed by atoms with van der Waals surface area (Å²) < 4.78 is 8.59. The van der Waals surface area contributed by atoms with E-state index in [1.165, 1.54) is 27.6 Å². The fourth-order valence-electron chi connectivity index (χ4n) is 5.04. The number of likely N-dealkylation sites (tertiary alicyclic amines) is 1. The molecule has 0 radical (unpaired) electrons. The second kappa shape index (κ2) is 9.43. The molecule has 2 fully saturated rings. The Morgan fingerprint density at radius 1 is 1.17 bits per heavy atom. The van der Waals surface area contributed by atoms with Crippen molar-refractivity contribution in [3.63, 3.8) is 0 Å². The second-order valence-corrected chi connectivity index (χ2v) is 9.84. The summed E-state index contributed by atoms with van der Waals surface area (Å²) in [7, 11) is 3.43. The summed E-state index contributed by atoms with van der Waals surface area (Å²) >= 11 is 0. The molecule has 4 heterocycles. The lowest BCUT2D eigenvalue weighted by Gasteiger charge is -2.39. The molecule has 2 aromatic heterocycles. The van der Waals surface area contributed by atoms with Crippen LogP contribution < -0.4 is 5.56 Å². The lowest BCUT2D eigenvalue weighted by molar-refractivity contribution is -0.0282. The van der Waals surface area contributed by atoms with Gasteiger partial charge in [0.25, 0.3) is 5.56 Å². The zero-order valence-corrected chi connectivity index (χ0v) is 20.3. The predicted molar refractivity (Wildman–Crippen MR) is 131 cm³/mol. The Labute approximate surface area is 203 Å². The molecule has 0 bridgehead atoms. The maximum absolute atomic E-state index is 13.2. The number of carbonyl (C=O) groups is 1. The number of piperidine rings is 1. The maximum atomic E-state index is 13.2. The van der Waals surface area contributed by atoms with E-state index >= 15 is 0 Å². The Kier molecular flexibility index (Phi) is 6.33. The topological polar surface area (TPSA) is 106 Å². The number of urea groups is 1. The predicted octanol–water partition coefficient (Wildman–Crippen LogP) is 1.98. The molecule has 2 aliphatic rings. The van der Waals surface area contributed by atoms with Gasteiger partial charge in [0.15, 0.2) is 5.65 Å². The van der Waals surface area contributed by atoms with Crippen LogP contribution in [0.2, 0.25) is 0 Å². The minimum absolute atomic E-state index is 0.0690. The van der Waals surface area contributed by atoms with Gasteiger partial charge in [-0.25, -0.2) is 14.5 Å². The van der Waals surface area contributed by atoms with Crippen LogP contribution in [0.15, 0.2) is 41.6 Å². The van der Waals surface area contributed by atoms with E-state index in [9.17, 15) is 14.7 Å². The molecule has 1 N–H and O–H groups in total. The van der Waals surface area contributed by atoms with Crippen molar-refractivity contribution < 1.29 is 14.6 Å². The van der Waals surface area contributed by atoms with Gasteiger partial charge in [-0.15, -0.1) is 0 Å². The molecule has 0 aliphatic carbocycles. The summed E-state index contributed by atoms with van der Waals surface area (Å²) in [5, 5.41) is 15.9. The highest BCUT2D eigenvalue weighted by Crippen LogP contribution is 2.28. The number of aliphatic hydroxyl groups is 1. The molecule has 10 heteroatoms. The summed E-state index contributed by atoms with van der Waals surface area (Å²) in [4.78, 5) is 33.1. The third kappa shape index (κ3) is 4.68. The Morgan fingerprint density at radius 3 is 2.51 bits per heavy atom. The molecule has 35 heavy (non-hydrogen) atoms. The van der Waals surface area contributed by atoms with Crippen LogP contribution in [0.3, 0.4) is 0 Å². The molecule has 5 rings (SSSR count). The molecule has 0 atom stereocenters. The third-order valence-electron chi connectivity index (χ3n) is 7.20. The summed E-state index contributed by atoms with van der Waals surface area (Å²) in [6, 6.07) is 8.18. The smallest absolute Gasteiger partial charge is 0.319 e. The molecule has 2 amide bonds. The minimum atomic E-state index is -1.07. The Balaban J connectivity index is 1.33. The molecule has 3 aromatic rings. The zero-order chi connectivity index (χ0) is 24.6. The van der Waals surface area contributed by atoms with Crippen molar-refractivity contribution in [3.05, 3.63) is 52.7 Å². The highest BCUT2D eigenvalue weighted by atomic mass is 16.5. The lowest BCUT2D eigenvalue weighted by Crippen LogP contribution is -2.51. The van der Waals surface area contributed by atoms with Crippen molar-refractivity contribution >= 4 is 17.1 Å². The highest BCUT2D eigenvalue weighted by Gasteiger charge is 2.35. The largest absolute Gasteiger partial charge is 0.388 e. The summed E-state index contributed by atoms with van der Waals surface area (Å²) in [5.74, 6) is 0.510. The van der Waals surface area contributed by atoms with Gasteiger partial charge in [-0.3, -0.25) is 9.36 Å². The maximum Gasteiger partial charge on any atom is 0.319 e. The second-order valence-electron chi connectivity index (χ2n) is 9.84. The van der Waals surface area contributed by atoms with Crippen LogP contribution in [0.1, 0.15) is 37.2 Å². The lowest BCUT2D eigenvalue weighted by atomic mass is 9.91. The number of amides is 2. The van der Waals surface area contributed by atoms with Gasteiger partial charge in [-0.05, 0) is 49.3 Å². The Hall–Kier alpha value is -3.24. The molecule has 0 unspecified atom stereocenters. The SMILES string of the molecule is CN(C)C(=O)N1CCC(O)(Cn2cnc3c(cnn3-c3ccc(C4CCOCC4)cc3)c2=O)CC1. The molecular formula is C25H32N6O4. The first-order valence-electron chi connectivity index (χ1n) is 12.1. The molecule has 186 valence electrons. The number of rotatable bonds is 4. The van der Waals surface area contributed by atoms with Gasteiger partial charge in [0.2, 0.25) is 0 Å². The number of carbonyl (C=O) groups excluding carboxylic acids is 1. The first-order valence-corrected chi connectivity index (χ1v) is 12.1. The van der Waals surface area contributed by atoms with Gasteiger partial charge in [0, 0.05) is 40.4 Å². The van der Waals surface area contributed by atoms with Gasteiger partial charge in [0.1, 0.15) is 11.7 Å². The van der Waals surface area contributed by atoms with Crippen LogP contribution in [0.5, 0.6) is 0 Å². The van der Waals surface area contributed by atoms with E-state index in [1.54, 1.807) is 23.7 Å². The van der Waals surface area contributed by atoms with Gasteiger partial charge in [-0.1, -0.05) is 12.1 Å². The van der Waals surface area contributed by atoms with Gasteiger partial charge in [-0.2, -0.15) is 5.10 Å². The molecule has 10 nitrogen and oxygen atoms in total. The summed E-state index contributed by atoms with van der Waals surface area (Å²) in [6.07, 6.45) is 5.87. The molecule has 0 saturated carbocycles. The number of hydrogen-bond acceptors (Lipinski definition) is 6. The number of nitrogens with zero attached hydrogens (tertiary/aromatic N) is 6. The number of aromatic nitrogens is 4. The van der Waals surface area contributed by atoms with Crippen molar-refractivity contribution in [1.29, 1.82) is 0 Å². The van der Waals surface area contributed by atoms with E-state index in [0.717, 1.165) is 31.7 Å². The standard InChI is InChI=1S/C25H32N6O4/c1-28(2)24(33)29-11-9-25(34,10-12-29)16-30-17-26-22-21(23(30)32)15-27-31(22)20-5-3-18(4-6-20)19-7-13-35-14-8-19/h3-6,15,17,19,34H,7-14,16H2,1-2H3. The van der Waals surface area contributed by atoms with Crippen LogP contribution in [0, 0.1) is 0 Å². The molecular weight excluding hydrogens is 448 g/mol. The number of benzene rings is 1. The average Bonchev–Trinajstić information content (AvgIpc) is 3.31. The number of ether oxygens (including phenoxy) is 1. The van der Waals surface area contributed by atoms with E-state index in [4.69, 9.17) is 4.74 Å². The fourth-order valence-corrected chi connectivity index (χ4v) is 5.04. The molecule has 2 aliphatic heterocycles. The van der Waals surface area contributed by atoms with Crippen molar-refractivity contribution in [3.8, 4) is 5.69 Å². The summed E-state index contributed by atoms with van der Waals surface area (Å²) in [5.41, 5.74) is 1.31. The first kappa shape index (κ1) is 23.5. The van der Waals surface area contributed by atoms with Crippen LogP contribution in [-0.4, -0.2) is 86.3 Å².